The van der Waals surface area contributed by atoms with Crippen molar-refractivity contribution in [1.29, 1.82) is 0 Å². The molecule has 0 saturated carbocycles. The van der Waals surface area contributed by atoms with E-state index >= 15 is 0 Å². The third-order valence-corrected chi connectivity index (χ3v) is 5.74. The van der Waals surface area contributed by atoms with Crippen molar-refractivity contribution in [3.8, 4) is 11.5 Å². The number of carbonyl (C=O) groups excluding carboxylic acids is 2. The highest BCUT2D eigenvalue weighted by molar-refractivity contribution is 7.98. The van der Waals surface area contributed by atoms with Gasteiger partial charge in [0.15, 0.2) is 10.8 Å². The number of carbonyl (C=O) groups is 2. The van der Waals surface area contributed by atoms with E-state index in [-0.39, 0.29) is 24.6 Å². The van der Waals surface area contributed by atoms with Gasteiger partial charge in [0, 0.05) is 36.3 Å². The zero-order chi connectivity index (χ0) is 28.0. The van der Waals surface area contributed by atoms with Gasteiger partial charge in [0.2, 0.25) is 0 Å². The third-order valence-electron chi connectivity index (χ3n) is 5.09. The first-order chi connectivity index (χ1) is 19.0. The number of ether oxygens (including phenoxy) is 6. The second kappa shape index (κ2) is 15.7. The van der Waals surface area contributed by atoms with Gasteiger partial charge in [-0.15, -0.1) is 0 Å². The molecule has 3 rings (SSSR count). The van der Waals surface area contributed by atoms with Crippen molar-refractivity contribution in [1.82, 2.24) is 14.4 Å². The van der Waals surface area contributed by atoms with E-state index in [0.717, 1.165) is 0 Å². The highest BCUT2D eigenvalue weighted by atomic mass is 32.2. The molecule has 0 aliphatic carbocycles. The number of imidazole rings is 1. The van der Waals surface area contributed by atoms with Crippen LogP contribution in [0.15, 0.2) is 35.7 Å². The number of hydrogen-bond donors (Lipinski definition) is 2. The Hall–Kier alpha value is -3.59. The summed E-state index contributed by atoms with van der Waals surface area (Å²) in [5.41, 5.74) is 6.83. The molecular formula is C25H33N5O8S. The number of aromatic nitrogens is 3. The Kier molecular flexibility index (Phi) is 12.1. The number of benzene rings is 1. The van der Waals surface area contributed by atoms with Gasteiger partial charge in [-0.05, 0) is 13.2 Å². The Labute approximate surface area is 230 Å². The molecule has 0 saturated heterocycles. The maximum Gasteiger partial charge on any atom is 0.332 e. The molecule has 14 heteroatoms. The zero-order valence-electron chi connectivity index (χ0n) is 22.1. The number of methoxy groups -OCH3 is 1. The molecule has 0 radical (unpaired) electrons. The summed E-state index contributed by atoms with van der Waals surface area (Å²) >= 11 is 1.41. The van der Waals surface area contributed by atoms with Gasteiger partial charge in [0.1, 0.15) is 36.1 Å². The minimum Gasteiger partial charge on any atom is -0.497 e. The van der Waals surface area contributed by atoms with E-state index in [9.17, 15) is 9.59 Å². The normalized spacial score (nSPS) is 10.9. The predicted octanol–water partition coefficient (Wildman–Crippen LogP) is 2.29. The van der Waals surface area contributed by atoms with Crippen molar-refractivity contribution in [3.63, 3.8) is 0 Å². The molecule has 0 fully saturated rings. The Balaban J connectivity index is 1.49. The number of hydrogen-bond acceptors (Lipinski definition) is 12. The number of nitrogens with two attached hydrogens (primary N) is 1. The molecule has 2 aromatic heterocycles. The van der Waals surface area contributed by atoms with Gasteiger partial charge in [-0.25, -0.2) is 14.8 Å². The number of fused-ring (bicyclic) bond motifs is 1. The summed E-state index contributed by atoms with van der Waals surface area (Å²) in [5, 5.41) is 3.79. The van der Waals surface area contributed by atoms with Crippen LogP contribution in [0, 0.1) is 0 Å². The lowest BCUT2D eigenvalue weighted by Crippen LogP contribution is -2.17. The standard InChI is InChI=1S/C25H33N5O8S/c1-4-37-20(31)16-36-10-9-34-7-8-35-11-12-38-19-14-17(13-18(15-19)33-2)28-23-21(22(26)32)24-27-5-6-30(24)25(29-23)39-3/h5-6,13-15,28H,4,7-12,16H2,1-3H3,(H2,26,32). The molecule has 13 nitrogen and oxygen atoms in total. The molecule has 0 aliphatic rings. The molecule has 39 heavy (non-hydrogen) atoms. The van der Waals surface area contributed by atoms with Gasteiger partial charge in [0.25, 0.3) is 5.91 Å². The van der Waals surface area contributed by atoms with E-state index in [2.05, 4.69) is 15.3 Å². The van der Waals surface area contributed by atoms with E-state index in [1.807, 2.05) is 6.26 Å². The van der Waals surface area contributed by atoms with Crippen LogP contribution in [-0.2, 0) is 23.7 Å². The zero-order valence-corrected chi connectivity index (χ0v) is 23.0. The molecule has 3 N–H and O–H groups in total. The quantitative estimate of drug-likeness (QED) is 0.101. The largest absolute Gasteiger partial charge is 0.497 e. The van der Waals surface area contributed by atoms with E-state index < -0.39 is 11.9 Å². The summed E-state index contributed by atoms with van der Waals surface area (Å²) in [7, 11) is 1.55. The Bertz CT molecular complexity index is 1240. The van der Waals surface area contributed by atoms with Crippen molar-refractivity contribution in [2.24, 2.45) is 5.73 Å². The van der Waals surface area contributed by atoms with Crippen LogP contribution in [0.5, 0.6) is 11.5 Å². The number of anilines is 2. The van der Waals surface area contributed by atoms with Gasteiger partial charge in [-0.2, -0.15) is 0 Å². The smallest absolute Gasteiger partial charge is 0.332 e. The van der Waals surface area contributed by atoms with Crippen LogP contribution < -0.4 is 20.5 Å². The highest BCUT2D eigenvalue weighted by Crippen LogP contribution is 2.31. The van der Waals surface area contributed by atoms with E-state index in [4.69, 9.17) is 34.2 Å². The molecule has 2 heterocycles. The van der Waals surface area contributed by atoms with E-state index in [0.29, 0.717) is 67.6 Å². The van der Waals surface area contributed by atoms with Gasteiger partial charge >= 0.3 is 5.97 Å². The Morgan fingerprint density at radius 2 is 1.72 bits per heavy atom. The number of thioether (sulfide) groups is 1. The van der Waals surface area contributed by atoms with Gasteiger partial charge in [0.05, 0.1) is 46.8 Å². The van der Waals surface area contributed by atoms with Crippen LogP contribution in [0.25, 0.3) is 5.65 Å². The van der Waals surface area contributed by atoms with Gasteiger partial charge in [-0.1, -0.05) is 11.8 Å². The summed E-state index contributed by atoms with van der Waals surface area (Å²) in [4.78, 5) is 32.3. The van der Waals surface area contributed by atoms with Crippen LogP contribution in [-0.4, -0.2) is 92.5 Å². The first-order valence-corrected chi connectivity index (χ1v) is 13.4. The molecule has 0 bridgehead atoms. The topological polar surface area (TPSA) is 158 Å². The lowest BCUT2D eigenvalue weighted by atomic mass is 10.2. The van der Waals surface area contributed by atoms with Crippen molar-refractivity contribution in [2.45, 2.75) is 12.1 Å². The lowest BCUT2D eigenvalue weighted by molar-refractivity contribution is -0.149. The van der Waals surface area contributed by atoms with E-state index in [1.165, 1.54) is 11.8 Å². The number of nitrogens with zero attached hydrogens (tertiary/aromatic N) is 3. The van der Waals surface area contributed by atoms with Crippen LogP contribution >= 0.6 is 11.8 Å². The second-order valence-corrected chi connectivity index (χ2v) is 8.53. The predicted molar refractivity (Wildman–Crippen MR) is 144 cm³/mol. The molecular weight excluding hydrogens is 530 g/mol. The molecule has 0 atom stereocenters. The highest BCUT2D eigenvalue weighted by Gasteiger charge is 2.20. The van der Waals surface area contributed by atoms with Crippen LogP contribution in [0.3, 0.4) is 0 Å². The molecule has 1 aromatic carbocycles. The lowest BCUT2D eigenvalue weighted by Gasteiger charge is -2.15. The fourth-order valence-electron chi connectivity index (χ4n) is 3.41. The monoisotopic (exact) mass is 563 g/mol. The summed E-state index contributed by atoms with van der Waals surface area (Å²) in [5.74, 6) is 0.301. The minimum atomic E-state index is -0.654. The number of primary amides is 1. The van der Waals surface area contributed by atoms with Crippen molar-refractivity contribution >= 4 is 40.8 Å². The number of nitrogens with one attached hydrogen (secondary N) is 1. The minimum absolute atomic E-state index is 0.0894. The molecule has 212 valence electrons. The maximum absolute atomic E-state index is 12.3. The Morgan fingerprint density at radius 3 is 2.38 bits per heavy atom. The summed E-state index contributed by atoms with van der Waals surface area (Å²) in [6.07, 6.45) is 5.19. The Morgan fingerprint density at radius 1 is 1.03 bits per heavy atom. The maximum atomic E-state index is 12.3. The van der Waals surface area contributed by atoms with Crippen LogP contribution in [0.4, 0.5) is 11.5 Å². The summed E-state index contributed by atoms with van der Waals surface area (Å²) in [6.45, 7) is 3.99. The SMILES string of the molecule is CCOC(=O)COCCOCCOCCOc1cc(Nc2nc(SC)n3ccnc3c2C(N)=O)cc(OC)c1. The molecule has 3 aromatic rings. The van der Waals surface area contributed by atoms with Crippen molar-refractivity contribution in [3.05, 3.63) is 36.2 Å². The fourth-order valence-corrected chi connectivity index (χ4v) is 3.94. The van der Waals surface area contributed by atoms with Gasteiger partial charge in [-0.3, -0.25) is 9.20 Å². The third kappa shape index (κ3) is 8.99. The van der Waals surface area contributed by atoms with Crippen LogP contribution in [0.2, 0.25) is 0 Å². The first-order valence-electron chi connectivity index (χ1n) is 12.1. The van der Waals surface area contributed by atoms with Crippen LogP contribution in [0.1, 0.15) is 17.3 Å². The average molecular weight is 564 g/mol. The molecule has 1 amide bonds. The molecule has 0 unspecified atom stereocenters. The molecule has 0 spiro atoms. The summed E-state index contributed by atoms with van der Waals surface area (Å²) < 4.78 is 33.8. The first kappa shape index (κ1) is 30.0. The molecule has 0 aliphatic heterocycles. The number of esters is 1. The van der Waals surface area contributed by atoms with Gasteiger partial charge < -0.3 is 39.5 Å². The van der Waals surface area contributed by atoms with Crippen molar-refractivity contribution < 1.29 is 38.0 Å². The number of amides is 1. The average Bonchev–Trinajstić information content (AvgIpc) is 3.40. The van der Waals surface area contributed by atoms with E-state index in [1.54, 1.807) is 49.0 Å². The number of rotatable bonds is 18. The fraction of sp³-hybridized carbons (Fsp3) is 0.440. The second-order valence-electron chi connectivity index (χ2n) is 7.76. The van der Waals surface area contributed by atoms with Crippen molar-refractivity contribution in [2.75, 3.05) is 71.5 Å². The summed E-state index contributed by atoms with van der Waals surface area (Å²) in [6, 6.07) is 5.24.